The monoisotopic (exact) mass is 256 g/mol. The van der Waals surface area contributed by atoms with E-state index < -0.39 is 4.92 Å². The van der Waals surface area contributed by atoms with E-state index in [1.807, 2.05) is 6.92 Å². The van der Waals surface area contributed by atoms with Gasteiger partial charge in [-0.25, -0.2) is 10.8 Å². The number of anilines is 2. The molecule has 0 saturated heterocycles. The van der Waals surface area contributed by atoms with Gasteiger partial charge in [-0.05, 0) is 12.3 Å². The van der Waals surface area contributed by atoms with E-state index in [9.17, 15) is 10.1 Å². The molecule has 0 bridgehead atoms. The lowest BCUT2D eigenvalue weighted by atomic mass is 10.1. The van der Waals surface area contributed by atoms with Crippen LogP contribution >= 0.6 is 0 Å². The Labute approximate surface area is 104 Å². The van der Waals surface area contributed by atoms with Crippen molar-refractivity contribution < 1.29 is 10.0 Å². The summed E-state index contributed by atoms with van der Waals surface area (Å²) in [4.78, 5) is 17.8. The molecule has 0 aliphatic heterocycles. The Bertz CT molecular complexity index is 413. The molecule has 9 heteroatoms. The van der Waals surface area contributed by atoms with E-state index in [0.29, 0.717) is 13.0 Å². The average Bonchev–Trinajstić information content (AvgIpc) is 2.36. The maximum atomic E-state index is 10.8. The van der Waals surface area contributed by atoms with E-state index in [1.165, 1.54) is 0 Å². The Balaban J connectivity index is 2.80. The Kier molecular flexibility index (Phi) is 5.21. The smallest absolute Gasteiger partial charge is 0.329 e. The van der Waals surface area contributed by atoms with Crippen LogP contribution in [0.3, 0.4) is 0 Å². The van der Waals surface area contributed by atoms with Crippen molar-refractivity contribution in [2.75, 3.05) is 23.9 Å². The molecule has 5 N–H and O–H groups in total. The minimum atomic E-state index is -0.570. The minimum absolute atomic E-state index is 0.0737. The van der Waals surface area contributed by atoms with E-state index in [-0.39, 0.29) is 30.0 Å². The number of nitrogens with two attached hydrogens (primary N) is 1. The van der Waals surface area contributed by atoms with Crippen LogP contribution in [0.4, 0.5) is 17.5 Å². The number of nitrogens with one attached hydrogen (secondary N) is 2. The zero-order valence-electron chi connectivity index (χ0n) is 9.96. The van der Waals surface area contributed by atoms with E-state index in [4.69, 9.17) is 10.9 Å². The number of nitrogen functional groups attached to an aromatic ring is 1. The van der Waals surface area contributed by atoms with Gasteiger partial charge in [0.25, 0.3) is 0 Å². The van der Waals surface area contributed by atoms with Crippen LogP contribution in [-0.2, 0) is 0 Å². The van der Waals surface area contributed by atoms with E-state index >= 15 is 0 Å². The fourth-order valence-corrected chi connectivity index (χ4v) is 1.30. The molecule has 0 fully saturated rings. The van der Waals surface area contributed by atoms with Crippen LogP contribution in [0, 0.1) is 16.0 Å². The Hall–Kier alpha value is -2.00. The normalized spacial score (nSPS) is 11.9. The molecule has 18 heavy (non-hydrogen) atoms. The van der Waals surface area contributed by atoms with Crippen LogP contribution in [0.5, 0.6) is 0 Å². The van der Waals surface area contributed by atoms with Gasteiger partial charge in [0.15, 0.2) is 0 Å². The highest BCUT2D eigenvalue weighted by Crippen LogP contribution is 2.22. The quantitative estimate of drug-likeness (QED) is 0.306. The third kappa shape index (κ3) is 3.79. The average molecular weight is 256 g/mol. The predicted molar refractivity (Wildman–Crippen MR) is 65.9 cm³/mol. The van der Waals surface area contributed by atoms with Crippen LogP contribution in [0.2, 0.25) is 0 Å². The number of nitro groups is 1. The number of aliphatic hydroxyl groups excluding tert-OH is 1. The number of aromatic nitrogens is 2. The topological polar surface area (TPSA) is 139 Å². The number of hydrogen-bond donors (Lipinski definition) is 4. The molecule has 1 rings (SSSR count). The van der Waals surface area contributed by atoms with Gasteiger partial charge in [0.05, 0.1) is 4.92 Å². The van der Waals surface area contributed by atoms with Crippen LogP contribution in [-0.4, -0.2) is 33.1 Å². The van der Waals surface area contributed by atoms with Gasteiger partial charge in [0.1, 0.15) is 6.20 Å². The summed E-state index contributed by atoms with van der Waals surface area (Å²) in [5.41, 5.74) is 2.00. The van der Waals surface area contributed by atoms with Gasteiger partial charge in [-0.1, -0.05) is 6.92 Å². The van der Waals surface area contributed by atoms with Crippen molar-refractivity contribution in [1.82, 2.24) is 9.97 Å². The third-order valence-corrected chi connectivity index (χ3v) is 2.34. The molecule has 9 nitrogen and oxygen atoms in total. The molecule has 100 valence electrons. The zero-order chi connectivity index (χ0) is 13.5. The summed E-state index contributed by atoms with van der Waals surface area (Å²) in [6.45, 7) is 2.45. The first-order chi connectivity index (χ1) is 8.58. The fourth-order valence-electron chi connectivity index (χ4n) is 1.30. The van der Waals surface area contributed by atoms with Gasteiger partial charge in [-0.3, -0.25) is 15.5 Å². The molecule has 1 heterocycles. The van der Waals surface area contributed by atoms with Gasteiger partial charge >= 0.3 is 5.69 Å². The highest BCUT2D eigenvalue weighted by atomic mass is 16.6. The standard InChI is InChI=1S/C9H16N6O3/c1-6(2-3-16)4-11-8-7(15(17)18)5-12-9(13-8)14-10/h5-6,16H,2-4,10H2,1H3,(H2,11,12,13,14). The summed E-state index contributed by atoms with van der Waals surface area (Å²) in [7, 11) is 0. The van der Waals surface area contributed by atoms with Gasteiger partial charge in [0, 0.05) is 13.2 Å². The van der Waals surface area contributed by atoms with Gasteiger partial charge in [0.2, 0.25) is 11.8 Å². The second-order valence-corrected chi connectivity index (χ2v) is 3.83. The largest absolute Gasteiger partial charge is 0.396 e. The van der Waals surface area contributed by atoms with Crippen molar-refractivity contribution in [2.24, 2.45) is 11.8 Å². The first-order valence-electron chi connectivity index (χ1n) is 5.41. The molecule has 0 saturated carbocycles. The molecule has 1 unspecified atom stereocenters. The summed E-state index contributed by atoms with van der Waals surface area (Å²) in [5, 5.41) is 22.4. The van der Waals surface area contributed by atoms with Crippen LogP contribution in [0.1, 0.15) is 13.3 Å². The minimum Gasteiger partial charge on any atom is -0.396 e. The molecule has 0 aromatic carbocycles. The van der Waals surface area contributed by atoms with Crippen LogP contribution in [0.15, 0.2) is 6.20 Å². The summed E-state index contributed by atoms with van der Waals surface area (Å²) >= 11 is 0. The molecule has 1 aromatic rings. The van der Waals surface area contributed by atoms with Gasteiger partial charge < -0.3 is 10.4 Å². The number of hydrazine groups is 1. The number of nitrogens with zero attached hydrogens (tertiary/aromatic N) is 3. The van der Waals surface area contributed by atoms with Crippen molar-refractivity contribution in [3.63, 3.8) is 0 Å². The van der Waals surface area contributed by atoms with E-state index in [0.717, 1.165) is 6.20 Å². The van der Waals surface area contributed by atoms with E-state index in [2.05, 4.69) is 20.7 Å². The van der Waals surface area contributed by atoms with Crippen molar-refractivity contribution in [3.05, 3.63) is 16.3 Å². The highest BCUT2D eigenvalue weighted by molar-refractivity contribution is 5.56. The van der Waals surface area contributed by atoms with E-state index in [1.54, 1.807) is 0 Å². The third-order valence-electron chi connectivity index (χ3n) is 2.34. The molecular weight excluding hydrogens is 240 g/mol. The summed E-state index contributed by atoms with van der Waals surface area (Å²) in [6, 6.07) is 0. The summed E-state index contributed by atoms with van der Waals surface area (Å²) < 4.78 is 0. The van der Waals surface area contributed by atoms with Crippen molar-refractivity contribution in [2.45, 2.75) is 13.3 Å². The number of rotatable bonds is 7. The van der Waals surface area contributed by atoms with Crippen LogP contribution < -0.4 is 16.6 Å². The second kappa shape index (κ2) is 6.67. The molecule has 0 aliphatic rings. The maximum absolute atomic E-state index is 10.8. The SMILES string of the molecule is CC(CCO)CNc1nc(NN)ncc1[N+](=O)[O-]. The first kappa shape index (κ1) is 14.1. The highest BCUT2D eigenvalue weighted by Gasteiger charge is 2.17. The molecule has 0 spiro atoms. The lowest BCUT2D eigenvalue weighted by molar-refractivity contribution is -0.384. The lowest BCUT2D eigenvalue weighted by Gasteiger charge is -2.12. The Morgan fingerprint density at radius 2 is 2.39 bits per heavy atom. The van der Waals surface area contributed by atoms with Crippen LogP contribution in [0.25, 0.3) is 0 Å². The number of hydrogen-bond acceptors (Lipinski definition) is 8. The zero-order valence-corrected chi connectivity index (χ0v) is 9.96. The molecule has 1 atom stereocenters. The number of aliphatic hydroxyl groups is 1. The Morgan fingerprint density at radius 3 is 2.94 bits per heavy atom. The lowest BCUT2D eigenvalue weighted by Crippen LogP contribution is -2.16. The maximum Gasteiger partial charge on any atom is 0.329 e. The van der Waals surface area contributed by atoms with Crippen molar-refractivity contribution in [1.29, 1.82) is 0 Å². The molecule has 0 aliphatic carbocycles. The molecule has 0 amide bonds. The summed E-state index contributed by atoms with van der Waals surface area (Å²) in [5.74, 6) is 5.51. The second-order valence-electron chi connectivity index (χ2n) is 3.83. The fraction of sp³-hybridized carbons (Fsp3) is 0.556. The molecule has 1 aromatic heterocycles. The molecule has 0 radical (unpaired) electrons. The van der Waals surface area contributed by atoms with Gasteiger partial charge in [-0.15, -0.1) is 0 Å². The molecular formula is C9H16N6O3. The summed E-state index contributed by atoms with van der Waals surface area (Å²) in [6.07, 6.45) is 1.69. The van der Waals surface area contributed by atoms with Crippen molar-refractivity contribution in [3.8, 4) is 0 Å². The Morgan fingerprint density at radius 1 is 1.67 bits per heavy atom. The first-order valence-corrected chi connectivity index (χ1v) is 5.41. The van der Waals surface area contributed by atoms with Crippen molar-refractivity contribution >= 4 is 17.5 Å². The van der Waals surface area contributed by atoms with Gasteiger partial charge in [-0.2, -0.15) is 4.98 Å². The predicted octanol–water partition coefficient (Wildman–Crippen LogP) is 0.101.